The van der Waals surface area contributed by atoms with E-state index in [1.165, 1.54) is 12.5 Å². The quantitative estimate of drug-likeness (QED) is 0.908. The second kappa shape index (κ2) is 6.48. The lowest BCUT2D eigenvalue weighted by atomic mass is 10.1. The highest BCUT2D eigenvalue weighted by molar-refractivity contribution is 7.92. The molecule has 1 unspecified atom stereocenters. The Balaban J connectivity index is 2.24. The van der Waals surface area contributed by atoms with Gasteiger partial charge in [-0.3, -0.25) is 4.79 Å². The van der Waals surface area contributed by atoms with Gasteiger partial charge in [0.15, 0.2) is 0 Å². The lowest BCUT2D eigenvalue weighted by Crippen LogP contribution is -2.37. The molecule has 3 amide bonds. The summed E-state index contributed by atoms with van der Waals surface area (Å²) < 4.78 is 15.4. The van der Waals surface area contributed by atoms with Crippen LogP contribution in [0, 0.1) is 0 Å². The summed E-state index contributed by atoms with van der Waals surface area (Å²) >= 11 is 0. The van der Waals surface area contributed by atoms with E-state index in [0.717, 1.165) is 12.8 Å². The van der Waals surface area contributed by atoms with Gasteiger partial charge in [-0.2, -0.15) is 4.36 Å². The fourth-order valence-corrected chi connectivity index (χ4v) is 2.95. The standard InChI is InChI=1S/C15H21N3O3S/c1-11-7-6-10-18(11)15(20)16-13-9-5-4-8-12(13)14(19)17-22(2,3)21/h4-5,8-9,11H,6-7,10H2,1-3H3,(H,16,20). The van der Waals surface area contributed by atoms with Gasteiger partial charge in [-0.15, -0.1) is 0 Å². The van der Waals surface area contributed by atoms with Gasteiger partial charge in [0.1, 0.15) is 0 Å². The molecular weight excluding hydrogens is 302 g/mol. The second-order valence-corrected chi connectivity index (χ2v) is 8.28. The Kier molecular flexibility index (Phi) is 4.85. The fourth-order valence-electron chi connectivity index (χ4n) is 2.45. The van der Waals surface area contributed by atoms with E-state index in [1.807, 2.05) is 6.92 Å². The molecule has 22 heavy (non-hydrogen) atoms. The van der Waals surface area contributed by atoms with Gasteiger partial charge in [-0.25, -0.2) is 9.00 Å². The highest BCUT2D eigenvalue weighted by Gasteiger charge is 2.25. The van der Waals surface area contributed by atoms with E-state index in [0.29, 0.717) is 12.2 Å². The molecule has 1 aromatic rings. The number of benzene rings is 1. The van der Waals surface area contributed by atoms with Crippen molar-refractivity contribution in [2.24, 2.45) is 4.36 Å². The molecule has 1 heterocycles. The number of hydrogen-bond acceptors (Lipinski definition) is 3. The zero-order valence-corrected chi connectivity index (χ0v) is 13.9. The summed E-state index contributed by atoms with van der Waals surface area (Å²) in [6, 6.07) is 6.60. The predicted octanol–water partition coefficient (Wildman–Crippen LogP) is 2.57. The van der Waals surface area contributed by atoms with Crippen LogP contribution in [-0.4, -0.2) is 46.1 Å². The number of nitrogens with one attached hydrogen (secondary N) is 1. The number of carbonyl (C=O) groups is 2. The lowest BCUT2D eigenvalue weighted by Gasteiger charge is -2.22. The van der Waals surface area contributed by atoms with Crippen molar-refractivity contribution in [1.82, 2.24) is 4.90 Å². The van der Waals surface area contributed by atoms with Crippen molar-refractivity contribution < 1.29 is 13.8 Å². The van der Waals surface area contributed by atoms with Crippen molar-refractivity contribution in [1.29, 1.82) is 0 Å². The second-order valence-electron chi connectivity index (χ2n) is 5.74. The molecule has 0 spiro atoms. The van der Waals surface area contributed by atoms with Crippen molar-refractivity contribution in [3.63, 3.8) is 0 Å². The topological polar surface area (TPSA) is 78.8 Å². The van der Waals surface area contributed by atoms with Crippen LogP contribution in [0.15, 0.2) is 28.6 Å². The van der Waals surface area contributed by atoms with Crippen LogP contribution in [-0.2, 0) is 9.73 Å². The summed E-state index contributed by atoms with van der Waals surface area (Å²) in [5.74, 6) is -0.583. The number of para-hydroxylation sites is 1. The summed E-state index contributed by atoms with van der Waals surface area (Å²) in [5.41, 5.74) is 0.642. The first-order chi connectivity index (χ1) is 10.3. The van der Waals surface area contributed by atoms with Crippen LogP contribution >= 0.6 is 0 Å². The Morgan fingerprint density at radius 3 is 2.59 bits per heavy atom. The van der Waals surface area contributed by atoms with Crippen LogP contribution < -0.4 is 5.32 Å². The lowest BCUT2D eigenvalue weighted by molar-refractivity contribution is 0.101. The first-order valence-electron chi connectivity index (χ1n) is 7.16. The van der Waals surface area contributed by atoms with E-state index in [4.69, 9.17) is 0 Å². The van der Waals surface area contributed by atoms with Crippen LogP contribution in [0.4, 0.5) is 10.5 Å². The van der Waals surface area contributed by atoms with Crippen LogP contribution in [0.3, 0.4) is 0 Å². The molecular formula is C15H21N3O3S. The predicted molar refractivity (Wildman–Crippen MR) is 87.6 cm³/mol. The number of anilines is 1. The van der Waals surface area contributed by atoms with Gasteiger partial charge in [-0.1, -0.05) is 12.1 Å². The third-order valence-electron chi connectivity index (χ3n) is 3.52. The number of rotatable bonds is 2. The number of carbonyl (C=O) groups excluding carboxylic acids is 2. The maximum absolute atomic E-state index is 12.3. The van der Waals surface area contributed by atoms with Crippen LogP contribution in [0.2, 0.25) is 0 Å². The fraction of sp³-hybridized carbons (Fsp3) is 0.467. The van der Waals surface area contributed by atoms with Crippen LogP contribution in [0.5, 0.6) is 0 Å². The van der Waals surface area contributed by atoms with Gasteiger partial charge < -0.3 is 10.2 Å². The minimum atomic E-state index is -2.54. The third kappa shape index (κ3) is 4.07. The molecule has 1 aliphatic rings. The SMILES string of the molecule is CC1CCCN1C(=O)Nc1ccccc1C(=O)N=S(C)(C)=O. The zero-order valence-electron chi connectivity index (χ0n) is 13.0. The van der Waals surface area contributed by atoms with E-state index < -0.39 is 15.6 Å². The Hall–Kier alpha value is -1.89. The number of amides is 3. The van der Waals surface area contributed by atoms with E-state index in [2.05, 4.69) is 9.68 Å². The Bertz CT molecular complexity index is 700. The van der Waals surface area contributed by atoms with Crippen molar-refractivity contribution in [2.75, 3.05) is 24.4 Å². The van der Waals surface area contributed by atoms with Crippen molar-refractivity contribution in [3.05, 3.63) is 29.8 Å². The van der Waals surface area contributed by atoms with Crippen molar-refractivity contribution >= 4 is 27.4 Å². The Labute approximate surface area is 131 Å². The number of urea groups is 1. The maximum Gasteiger partial charge on any atom is 0.322 e. The maximum atomic E-state index is 12.3. The average molecular weight is 323 g/mol. The van der Waals surface area contributed by atoms with Crippen LogP contribution in [0.25, 0.3) is 0 Å². The van der Waals surface area contributed by atoms with Crippen LogP contribution in [0.1, 0.15) is 30.1 Å². The summed E-state index contributed by atoms with van der Waals surface area (Å²) in [4.78, 5) is 26.2. The van der Waals surface area contributed by atoms with Crippen molar-refractivity contribution in [3.8, 4) is 0 Å². The molecule has 1 aromatic carbocycles. The first kappa shape index (κ1) is 16.5. The minimum absolute atomic E-state index is 0.192. The van der Waals surface area contributed by atoms with Gasteiger partial charge in [0, 0.05) is 34.8 Å². The number of likely N-dealkylation sites (tertiary alicyclic amines) is 1. The molecule has 0 radical (unpaired) electrons. The highest BCUT2D eigenvalue weighted by Crippen LogP contribution is 2.21. The largest absolute Gasteiger partial charge is 0.322 e. The van der Waals surface area contributed by atoms with E-state index in [9.17, 15) is 13.8 Å². The van der Waals surface area contributed by atoms with E-state index in [-0.39, 0.29) is 17.6 Å². The van der Waals surface area contributed by atoms with Gasteiger partial charge >= 0.3 is 6.03 Å². The highest BCUT2D eigenvalue weighted by atomic mass is 32.2. The third-order valence-corrected chi connectivity index (χ3v) is 4.12. The summed E-state index contributed by atoms with van der Waals surface area (Å²) in [5, 5.41) is 2.76. The normalized spacial score (nSPS) is 18.1. The summed E-state index contributed by atoms with van der Waals surface area (Å²) in [6.45, 7) is 2.72. The van der Waals surface area contributed by atoms with Gasteiger partial charge in [0.05, 0.1) is 11.3 Å². The summed E-state index contributed by atoms with van der Waals surface area (Å²) in [6.07, 6.45) is 4.77. The molecule has 1 fully saturated rings. The number of hydrogen-bond donors (Lipinski definition) is 1. The van der Waals surface area contributed by atoms with E-state index in [1.54, 1.807) is 29.2 Å². The molecule has 0 aromatic heterocycles. The minimum Gasteiger partial charge on any atom is -0.322 e. The zero-order chi connectivity index (χ0) is 16.3. The molecule has 1 saturated heterocycles. The molecule has 120 valence electrons. The van der Waals surface area contributed by atoms with Gasteiger partial charge in [-0.05, 0) is 31.9 Å². The molecule has 0 saturated carbocycles. The Morgan fingerprint density at radius 2 is 2.00 bits per heavy atom. The van der Waals surface area contributed by atoms with Gasteiger partial charge in [0.25, 0.3) is 5.91 Å². The van der Waals surface area contributed by atoms with Gasteiger partial charge in [0.2, 0.25) is 0 Å². The summed E-state index contributed by atoms with van der Waals surface area (Å²) in [7, 11) is -2.54. The molecule has 1 N–H and O–H groups in total. The van der Waals surface area contributed by atoms with E-state index >= 15 is 0 Å². The molecule has 0 bridgehead atoms. The molecule has 1 atom stereocenters. The Morgan fingerprint density at radius 1 is 1.32 bits per heavy atom. The van der Waals surface area contributed by atoms with Crippen molar-refractivity contribution in [2.45, 2.75) is 25.8 Å². The molecule has 2 rings (SSSR count). The molecule has 6 nitrogen and oxygen atoms in total. The smallest absolute Gasteiger partial charge is 0.322 e. The first-order valence-corrected chi connectivity index (χ1v) is 9.49. The monoisotopic (exact) mass is 323 g/mol. The molecule has 1 aliphatic heterocycles. The molecule has 0 aliphatic carbocycles. The average Bonchev–Trinajstić information content (AvgIpc) is 2.83. The number of nitrogens with zero attached hydrogens (tertiary/aromatic N) is 2. The molecule has 7 heteroatoms.